The van der Waals surface area contributed by atoms with Gasteiger partial charge in [0.2, 0.25) is 0 Å². The van der Waals surface area contributed by atoms with Gasteiger partial charge in [-0.2, -0.15) is 0 Å². The number of benzene rings is 2. The van der Waals surface area contributed by atoms with E-state index in [1.54, 1.807) is 18.2 Å². The Hall–Kier alpha value is -1.32. The van der Waals surface area contributed by atoms with Gasteiger partial charge in [-0.05, 0) is 51.3 Å². The molecule has 0 bridgehead atoms. The van der Waals surface area contributed by atoms with Crippen molar-refractivity contribution in [3.63, 3.8) is 0 Å². The first-order valence-electron chi connectivity index (χ1n) is 5.33. The molecule has 0 heterocycles. The average molecular weight is 326 g/mol. The van der Waals surface area contributed by atoms with Gasteiger partial charge >= 0.3 is 0 Å². The third kappa shape index (κ3) is 3.34. The first-order chi connectivity index (χ1) is 8.66. The van der Waals surface area contributed by atoms with Crippen LogP contribution in [-0.4, -0.2) is 5.24 Å². The number of carbonyl (C=O) groups excluding carboxylic acids is 1. The first kappa shape index (κ1) is 13.1. The van der Waals surface area contributed by atoms with Crippen LogP contribution in [0.1, 0.15) is 15.9 Å². The highest BCUT2D eigenvalue weighted by atomic mass is 79.9. The highest BCUT2D eigenvalue weighted by Gasteiger charge is 2.07. The molecule has 4 heteroatoms. The normalized spacial score (nSPS) is 10.1. The molecule has 0 aromatic heterocycles. The summed E-state index contributed by atoms with van der Waals surface area (Å²) in [5.41, 5.74) is 1.53. The standard InChI is InChI=1S/C14H10BrClO2/c15-12-8-11(14(16)17)6-7-13(12)18-9-10-4-2-1-3-5-10/h1-8H,9H2. The lowest BCUT2D eigenvalue weighted by atomic mass is 10.2. The number of hydrogen-bond acceptors (Lipinski definition) is 2. The van der Waals surface area contributed by atoms with Gasteiger partial charge in [-0.1, -0.05) is 30.3 Å². The predicted octanol–water partition coefficient (Wildman–Crippen LogP) is 4.41. The summed E-state index contributed by atoms with van der Waals surface area (Å²) in [6, 6.07) is 14.9. The van der Waals surface area contributed by atoms with Gasteiger partial charge in [0.15, 0.2) is 0 Å². The van der Waals surface area contributed by atoms with Gasteiger partial charge in [0.25, 0.3) is 5.24 Å². The molecule has 0 amide bonds. The summed E-state index contributed by atoms with van der Waals surface area (Å²) in [7, 11) is 0. The molecule has 2 nitrogen and oxygen atoms in total. The molecular weight excluding hydrogens is 316 g/mol. The van der Waals surface area contributed by atoms with Crippen LogP contribution in [0.25, 0.3) is 0 Å². The summed E-state index contributed by atoms with van der Waals surface area (Å²) in [4.78, 5) is 11.0. The second-order valence-corrected chi connectivity index (χ2v) is 4.89. The van der Waals surface area contributed by atoms with Crippen LogP contribution in [0.3, 0.4) is 0 Å². The fourth-order valence-electron chi connectivity index (χ4n) is 1.48. The largest absolute Gasteiger partial charge is 0.488 e. The smallest absolute Gasteiger partial charge is 0.252 e. The molecule has 0 atom stereocenters. The molecule has 0 unspecified atom stereocenters. The Bertz CT molecular complexity index is 555. The molecule has 0 radical (unpaired) electrons. The number of rotatable bonds is 4. The zero-order valence-corrected chi connectivity index (χ0v) is 11.7. The molecule has 0 N–H and O–H groups in total. The Morgan fingerprint density at radius 2 is 1.89 bits per heavy atom. The van der Waals surface area contributed by atoms with Gasteiger partial charge < -0.3 is 4.74 Å². The lowest BCUT2D eigenvalue weighted by Crippen LogP contribution is -1.97. The Kier molecular flexibility index (Phi) is 4.39. The van der Waals surface area contributed by atoms with E-state index in [0.29, 0.717) is 22.4 Å². The molecule has 0 saturated carbocycles. The van der Waals surface area contributed by atoms with Gasteiger partial charge in [0.1, 0.15) is 12.4 Å². The maximum atomic E-state index is 11.0. The zero-order valence-electron chi connectivity index (χ0n) is 9.40. The van der Waals surface area contributed by atoms with E-state index < -0.39 is 5.24 Å². The van der Waals surface area contributed by atoms with Crippen molar-refractivity contribution in [1.29, 1.82) is 0 Å². The molecule has 18 heavy (non-hydrogen) atoms. The topological polar surface area (TPSA) is 26.3 Å². The molecule has 2 rings (SSSR count). The van der Waals surface area contributed by atoms with Crippen molar-refractivity contribution in [1.82, 2.24) is 0 Å². The van der Waals surface area contributed by atoms with Gasteiger partial charge in [0.05, 0.1) is 4.47 Å². The maximum absolute atomic E-state index is 11.0. The highest BCUT2D eigenvalue weighted by molar-refractivity contribution is 9.10. The van der Waals surface area contributed by atoms with Crippen LogP contribution in [-0.2, 0) is 6.61 Å². The maximum Gasteiger partial charge on any atom is 0.252 e. The molecule has 2 aromatic carbocycles. The molecule has 92 valence electrons. The summed E-state index contributed by atoms with van der Waals surface area (Å²) in [5.74, 6) is 0.681. The predicted molar refractivity (Wildman–Crippen MR) is 75.1 cm³/mol. The second-order valence-electron chi connectivity index (χ2n) is 3.69. The molecule has 0 aliphatic rings. The molecule has 2 aromatic rings. The fourth-order valence-corrected chi connectivity index (χ4v) is 2.09. The molecule has 0 saturated heterocycles. The minimum Gasteiger partial charge on any atom is -0.488 e. The van der Waals surface area contributed by atoms with Crippen LogP contribution in [0.5, 0.6) is 5.75 Å². The first-order valence-corrected chi connectivity index (χ1v) is 6.50. The summed E-state index contributed by atoms with van der Waals surface area (Å²) in [5, 5.41) is -0.481. The van der Waals surface area contributed by atoms with Crippen molar-refractivity contribution in [2.24, 2.45) is 0 Å². The van der Waals surface area contributed by atoms with Crippen molar-refractivity contribution in [3.8, 4) is 5.75 Å². The lowest BCUT2D eigenvalue weighted by Gasteiger charge is -2.08. The average Bonchev–Trinajstić information content (AvgIpc) is 2.38. The summed E-state index contributed by atoms with van der Waals surface area (Å²) in [6.45, 7) is 0.480. The molecule has 0 aliphatic heterocycles. The summed E-state index contributed by atoms with van der Waals surface area (Å²) >= 11 is 8.75. The van der Waals surface area contributed by atoms with E-state index in [1.807, 2.05) is 30.3 Å². The van der Waals surface area contributed by atoms with Crippen LogP contribution in [0.4, 0.5) is 0 Å². The Morgan fingerprint density at radius 3 is 2.50 bits per heavy atom. The SMILES string of the molecule is O=C(Cl)c1ccc(OCc2ccccc2)c(Br)c1. The molecule has 0 spiro atoms. The number of ether oxygens (including phenoxy) is 1. The van der Waals surface area contributed by atoms with Crippen LogP contribution < -0.4 is 4.74 Å². The Morgan fingerprint density at radius 1 is 1.17 bits per heavy atom. The molecule has 0 fully saturated rings. The minimum atomic E-state index is -0.481. The number of halogens is 2. The fraction of sp³-hybridized carbons (Fsp3) is 0.0714. The van der Waals surface area contributed by atoms with Crippen molar-refractivity contribution in [2.75, 3.05) is 0 Å². The third-order valence-corrected chi connectivity index (χ3v) is 3.23. The Labute approximate surface area is 119 Å². The van der Waals surface area contributed by atoms with E-state index in [4.69, 9.17) is 16.3 Å². The van der Waals surface area contributed by atoms with Crippen LogP contribution in [0.15, 0.2) is 53.0 Å². The summed E-state index contributed by atoms with van der Waals surface area (Å²) in [6.07, 6.45) is 0. The van der Waals surface area contributed by atoms with Crippen LogP contribution >= 0.6 is 27.5 Å². The van der Waals surface area contributed by atoms with Crippen molar-refractivity contribution >= 4 is 32.8 Å². The van der Waals surface area contributed by atoms with E-state index in [-0.39, 0.29) is 0 Å². The second kappa shape index (κ2) is 6.03. The quantitative estimate of drug-likeness (QED) is 0.778. The zero-order chi connectivity index (χ0) is 13.0. The van der Waals surface area contributed by atoms with E-state index >= 15 is 0 Å². The number of hydrogen-bond donors (Lipinski definition) is 0. The van der Waals surface area contributed by atoms with Gasteiger partial charge in [-0.15, -0.1) is 0 Å². The van der Waals surface area contributed by atoms with E-state index in [1.165, 1.54) is 0 Å². The monoisotopic (exact) mass is 324 g/mol. The molecule has 0 aliphatic carbocycles. The van der Waals surface area contributed by atoms with Crippen LogP contribution in [0.2, 0.25) is 0 Å². The number of carbonyl (C=O) groups is 1. The highest BCUT2D eigenvalue weighted by Crippen LogP contribution is 2.27. The van der Waals surface area contributed by atoms with Gasteiger partial charge in [-0.25, -0.2) is 0 Å². The lowest BCUT2D eigenvalue weighted by molar-refractivity contribution is 0.108. The van der Waals surface area contributed by atoms with Crippen molar-refractivity contribution in [2.45, 2.75) is 6.61 Å². The Balaban J connectivity index is 2.08. The van der Waals surface area contributed by atoms with Crippen molar-refractivity contribution < 1.29 is 9.53 Å². The van der Waals surface area contributed by atoms with Gasteiger partial charge in [0, 0.05) is 5.56 Å². The van der Waals surface area contributed by atoms with Crippen molar-refractivity contribution in [3.05, 3.63) is 64.1 Å². The summed E-state index contributed by atoms with van der Waals surface area (Å²) < 4.78 is 6.37. The minimum absolute atomic E-state index is 0.440. The molecular formula is C14H10BrClO2. The van der Waals surface area contributed by atoms with Crippen LogP contribution in [0, 0.1) is 0 Å². The van der Waals surface area contributed by atoms with E-state index in [0.717, 1.165) is 5.56 Å². The van der Waals surface area contributed by atoms with Gasteiger partial charge in [-0.3, -0.25) is 4.79 Å². The third-order valence-electron chi connectivity index (χ3n) is 2.40. The van der Waals surface area contributed by atoms with E-state index in [9.17, 15) is 4.79 Å². The van der Waals surface area contributed by atoms with E-state index in [2.05, 4.69) is 15.9 Å².